The average molecular weight is 226 g/mol. The first kappa shape index (κ1) is 12.7. The molecule has 0 atom stereocenters. The van der Waals surface area contributed by atoms with Crippen molar-refractivity contribution >= 4 is 0 Å². The van der Waals surface area contributed by atoms with Crippen LogP contribution < -0.4 is 22.3 Å². The Morgan fingerprint density at radius 2 is 2.06 bits per heavy atom. The van der Waals surface area contributed by atoms with Gasteiger partial charge in [0.25, 0.3) is 5.56 Å². The Morgan fingerprint density at radius 1 is 1.31 bits per heavy atom. The molecule has 1 aromatic rings. The molecule has 16 heavy (non-hydrogen) atoms. The van der Waals surface area contributed by atoms with E-state index in [1.165, 1.54) is 16.8 Å². The minimum Gasteiger partial charge on any atom is -0.330 e. The summed E-state index contributed by atoms with van der Waals surface area (Å²) in [6.45, 7) is 3.03. The molecule has 0 spiro atoms. The number of rotatable bonds is 7. The third-order valence-electron chi connectivity index (χ3n) is 2.21. The quantitative estimate of drug-likeness (QED) is 0.513. The van der Waals surface area contributed by atoms with Gasteiger partial charge in [-0.2, -0.15) is 0 Å². The molecule has 0 aromatic carbocycles. The number of nitrogens with two attached hydrogens (primary N) is 1. The highest BCUT2D eigenvalue weighted by atomic mass is 16.2. The highest BCUT2D eigenvalue weighted by Gasteiger charge is 1.95. The summed E-state index contributed by atoms with van der Waals surface area (Å²) in [5.41, 5.74) is 4.64. The zero-order chi connectivity index (χ0) is 11.8. The topological polar surface area (TPSA) is 92.9 Å². The van der Waals surface area contributed by atoms with Crippen LogP contribution in [0.5, 0.6) is 0 Å². The summed E-state index contributed by atoms with van der Waals surface area (Å²) in [6, 6.07) is 1.35. The van der Waals surface area contributed by atoms with E-state index in [0.29, 0.717) is 13.1 Å². The number of nitrogens with zero attached hydrogens (tertiary/aromatic N) is 1. The molecule has 4 N–H and O–H groups in total. The van der Waals surface area contributed by atoms with E-state index in [1.54, 1.807) is 0 Å². The van der Waals surface area contributed by atoms with E-state index >= 15 is 0 Å². The summed E-state index contributed by atoms with van der Waals surface area (Å²) in [6.07, 6.45) is 3.32. The summed E-state index contributed by atoms with van der Waals surface area (Å²) in [5.74, 6) is 0. The molecule has 0 unspecified atom stereocenters. The maximum atomic E-state index is 11.3. The van der Waals surface area contributed by atoms with Crippen molar-refractivity contribution in [3.8, 4) is 0 Å². The maximum Gasteiger partial charge on any atom is 0.328 e. The molecule has 0 bridgehead atoms. The van der Waals surface area contributed by atoms with E-state index < -0.39 is 0 Å². The lowest BCUT2D eigenvalue weighted by Crippen LogP contribution is -2.29. The second kappa shape index (κ2) is 6.97. The van der Waals surface area contributed by atoms with E-state index in [0.717, 1.165) is 25.9 Å². The van der Waals surface area contributed by atoms with Gasteiger partial charge in [-0.15, -0.1) is 0 Å². The van der Waals surface area contributed by atoms with E-state index in [-0.39, 0.29) is 11.2 Å². The Balaban J connectivity index is 2.27. The number of aryl methyl sites for hydroxylation is 1. The molecule has 90 valence electrons. The van der Waals surface area contributed by atoms with Gasteiger partial charge in [-0.1, -0.05) is 0 Å². The van der Waals surface area contributed by atoms with Gasteiger partial charge in [-0.3, -0.25) is 9.78 Å². The van der Waals surface area contributed by atoms with Gasteiger partial charge in [0.1, 0.15) is 0 Å². The number of aromatic nitrogens is 2. The van der Waals surface area contributed by atoms with Gasteiger partial charge in [-0.05, 0) is 32.5 Å². The van der Waals surface area contributed by atoms with Crippen LogP contribution in [-0.2, 0) is 6.54 Å². The molecule has 1 aromatic heterocycles. The number of hydrogen-bond acceptors (Lipinski definition) is 4. The number of H-pyrrole nitrogens is 1. The van der Waals surface area contributed by atoms with Crippen molar-refractivity contribution in [2.75, 3.05) is 19.6 Å². The number of nitrogens with one attached hydrogen (secondary N) is 2. The molecule has 0 saturated heterocycles. The van der Waals surface area contributed by atoms with Gasteiger partial charge in [0.05, 0.1) is 0 Å². The SMILES string of the molecule is NCCCNCCCn1ccc(=O)[nH]c1=O. The molecule has 6 heteroatoms. The zero-order valence-electron chi connectivity index (χ0n) is 9.24. The summed E-state index contributed by atoms with van der Waals surface area (Å²) < 4.78 is 1.49. The van der Waals surface area contributed by atoms with Crippen molar-refractivity contribution < 1.29 is 0 Å². The normalized spacial score (nSPS) is 10.6. The number of aromatic amines is 1. The molecule has 1 heterocycles. The first-order valence-electron chi connectivity index (χ1n) is 5.44. The molecule has 0 aliphatic rings. The Labute approximate surface area is 93.5 Å². The highest BCUT2D eigenvalue weighted by molar-refractivity contribution is 4.82. The van der Waals surface area contributed by atoms with Crippen LogP contribution in [0.2, 0.25) is 0 Å². The van der Waals surface area contributed by atoms with Crippen LogP contribution in [0.25, 0.3) is 0 Å². The van der Waals surface area contributed by atoms with Gasteiger partial charge in [0.15, 0.2) is 0 Å². The third kappa shape index (κ3) is 4.41. The number of hydrogen-bond donors (Lipinski definition) is 3. The molecule has 6 nitrogen and oxygen atoms in total. The largest absolute Gasteiger partial charge is 0.330 e. The van der Waals surface area contributed by atoms with E-state index in [1.807, 2.05) is 0 Å². The van der Waals surface area contributed by atoms with Crippen molar-refractivity contribution in [2.45, 2.75) is 19.4 Å². The Bertz CT molecular complexity index is 410. The van der Waals surface area contributed by atoms with E-state index in [9.17, 15) is 9.59 Å². The first-order valence-corrected chi connectivity index (χ1v) is 5.44. The molecular formula is C10H18N4O2. The Kier molecular flexibility index (Phi) is 5.52. The lowest BCUT2D eigenvalue weighted by atomic mass is 10.4. The molecular weight excluding hydrogens is 208 g/mol. The molecule has 0 fully saturated rings. The van der Waals surface area contributed by atoms with Crippen LogP contribution in [0.15, 0.2) is 21.9 Å². The van der Waals surface area contributed by atoms with Crippen LogP contribution in [-0.4, -0.2) is 29.2 Å². The van der Waals surface area contributed by atoms with Gasteiger partial charge >= 0.3 is 5.69 Å². The van der Waals surface area contributed by atoms with Crippen LogP contribution in [0.3, 0.4) is 0 Å². The molecule has 1 rings (SSSR count). The van der Waals surface area contributed by atoms with E-state index in [4.69, 9.17) is 5.73 Å². The van der Waals surface area contributed by atoms with Crippen molar-refractivity contribution in [1.82, 2.24) is 14.9 Å². The van der Waals surface area contributed by atoms with Gasteiger partial charge in [0, 0.05) is 18.8 Å². The van der Waals surface area contributed by atoms with E-state index in [2.05, 4.69) is 10.3 Å². The van der Waals surface area contributed by atoms with Crippen molar-refractivity contribution in [3.63, 3.8) is 0 Å². The highest BCUT2D eigenvalue weighted by Crippen LogP contribution is 1.83. The van der Waals surface area contributed by atoms with Crippen LogP contribution in [0.4, 0.5) is 0 Å². The average Bonchev–Trinajstić information content (AvgIpc) is 2.26. The van der Waals surface area contributed by atoms with Crippen LogP contribution in [0.1, 0.15) is 12.8 Å². The summed E-state index contributed by atoms with van der Waals surface area (Å²) in [4.78, 5) is 24.3. The second-order valence-corrected chi connectivity index (χ2v) is 3.55. The van der Waals surface area contributed by atoms with Gasteiger partial charge in [-0.25, -0.2) is 4.79 Å². The standard InChI is InChI=1S/C10H18N4O2/c11-4-1-5-12-6-2-7-14-8-3-9(15)13-10(14)16/h3,8,12H,1-2,4-7,11H2,(H,13,15,16). The third-order valence-corrected chi connectivity index (χ3v) is 2.21. The summed E-state index contributed by atoms with van der Waals surface area (Å²) in [5, 5.41) is 3.22. The monoisotopic (exact) mass is 226 g/mol. The molecule has 0 amide bonds. The summed E-state index contributed by atoms with van der Waals surface area (Å²) >= 11 is 0. The molecule has 0 radical (unpaired) electrons. The minimum atomic E-state index is -0.359. The minimum absolute atomic E-state index is 0.352. The molecule has 0 saturated carbocycles. The second-order valence-electron chi connectivity index (χ2n) is 3.55. The fourth-order valence-electron chi connectivity index (χ4n) is 1.35. The summed E-state index contributed by atoms with van der Waals surface area (Å²) in [7, 11) is 0. The van der Waals surface area contributed by atoms with Gasteiger partial charge < -0.3 is 15.6 Å². The van der Waals surface area contributed by atoms with Crippen molar-refractivity contribution in [3.05, 3.63) is 33.1 Å². The van der Waals surface area contributed by atoms with Crippen molar-refractivity contribution in [2.24, 2.45) is 5.73 Å². The first-order chi connectivity index (χ1) is 7.74. The Hall–Kier alpha value is -1.40. The fourth-order valence-corrected chi connectivity index (χ4v) is 1.35. The lowest BCUT2D eigenvalue weighted by molar-refractivity contribution is 0.556. The predicted molar refractivity (Wildman–Crippen MR) is 62.5 cm³/mol. The molecule has 0 aliphatic heterocycles. The Morgan fingerprint density at radius 3 is 2.75 bits per heavy atom. The smallest absolute Gasteiger partial charge is 0.328 e. The zero-order valence-corrected chi connectivity index (χ0v) is 9.24. The maximum absolute atomic E-state index is 11.3. The lowest BCUT2D eigenvalue weighted by Gasteiger charge is -2.05. The fraction of sp³-hybridized carbons (Fsp3) is 0.600. The predicted octanol–water partition coefficient (Wildman–Crippen LogP) is -1.13. The van der Waals surface area contributed by atoms with Gasteiger partial charge in [0.2, 0.25) is 0 Å². The molecule has 0 aliphatic carbocycles. The van der Waals surface area contributed by atoms with Crippen LogP contribution in [0, 0.1) is 0 Å². The van der Waals surface area contributed by atoms with Crippen molar-refractivity contribution in [1.29, 1.82) is 0 Å². The van der Waals surface area contributed by atoms with Crippen LogP contribution >= 0.6 is 0 Å².